The molecule has 1 rings (SSSR count). The first kappa shape index (κ1) is 14.8. The Morgan fingerprint density at radius 1 is 1.56 bits per heavy atom. The lowest BCUT2D eigenvalue weighted by molar-refractivity contribution is 0.0603. The predicted molar refractivity (Wildman–Crippen MR) is 75.0 cm³/mol. The van der Waals surface area contributed by atoms with E-state index in [1.54, 1.807) is 0 Å². The van der Waals surface area contributed by atoms with Crippen molar-refractivity contribution in [1.82, 2.24) is 4.37 Å². The third-order valence-electron chi connectivity index (χ3n) is 2.94. The van der Waals surface area contributed by atoms with Gasteiger partial charge in [-0.15, -0.1) is 0 Å². The first-order valence-electron chi connectivity index (χ1n) is 6.09. The van der Waals surface area contributed by atoms with E-state index in [-0.39, 0.29) is 11.9 Å². The molecule has 2 unspecified atom stereocenters. The number of nitrogen functional groups attached to an aromatic ring is 1. The number of hydrogen-bond donors (Lipinski definition) is 2. The van der Waals surface area contributed by atoms with Crippen LogP contribution in [0.3, 0.4) is 0 Å². The third kappa shape index (κ3) is 3.60. The number of ether oxygens (including phenoxy) is 1. The van der Waals surface area contributed by atoms with E-state index < -0.39 is 5.97 Å². The average Bonchev–Trinajstić information content (AvgIpc) is 2.69. The van der Waals surface area contributed by atoms with Gasteiger partial charge in [-0.25, -0.2) is 4.79 Å². The van der Waals surface area contributed by atoms with Gasteiger partial charge in [0.15, 0.2) is 5.82 Å². The summed E-state index contributed by atoms with van der Waals surface area (Å²) in [6, 6.07) is 0.267. The van der Waals surface area contributed by atoms with Crippen LogP contribution in [-0.2, 0) is 4.74 Å². The van der Waals surface area contributed by atoms with Gasteiger partial charge in [0.1, 0.15) is 10.6 Å². The summed E-state index contributed by atoms with van der Waals surface area (Å²) in [6.45, 7) is 6.46. The molecule has 1 heterocycles. The Balaban J connectivity index is 2.75. The van der Waals surface area contributed by atoms with E-state index in [1.165, 1.54) is 18.6 Å². The highest BCUT2D eigenvalue weighted by Crippen LogP contribution is 2.28. The van der Waals surface area contributed by atoms with E-state index in [4.69, 9.17) is 10.5 Å². The SMILES string of the molecule is CCC(C)CC(C)Nc1snc(N)c1C(=O)OC. The Morgan fingerprint density at radius 2 is 2.22 bits per heavy atom. The molecule has 6 heteroatoms. The van der Waals surface area contributed by atoms with Gasteiger partial charge in [0.2, 0.25) is 0 Å². The first-order valence-corrected chi connectivity index (χ1v) is 6.86. The topological polar surface area (TPSA) is 77.2 Å². The summed E-state index contributed by atoms with van der Waals surface area (Å²) in [5.41, 5.74) is 6.03. The molecule has 0 radical (unpaired) electrons. The summed E-state index contributed by atoms with van der Waals surface area (Å²) in [5, 5.41) is 3.98. The normalized spacial score (nSPS) is 14.0. The van der Waals surface area contributed by atoms with Crippen molar-refractivity contribution in [1.29, 1.82) is 0 Å². The highest BCUT2D eigenvalue weighted by molar-refractivity contribution is 7.11. The van der Waals surface area contributed by atoms with Crippen LogP contribution in [0.15, 0.2) is 0 Å². The zero-order chi connectivity index (χ0) is 13.7. The number of nitrogens with two attached hydrogens (primary N) is 1. The van der Waals surface area contributed by atoms with Crippen molar-refractivity contribution in [3.8, 4) is 0 Å². The fourth-order valence-electron chi connectivity index (χ4n) is 1.75. The van der Waals surface area contributed by atoms with Crippen LogP contribution in [0.2, 0.25) is 0 Å². The van der Waals surface area contributed by atoms with Crippen molar-refractivity contribution >= 4 is 28.3 Å². The van der Waals surface area contributed by atoms with Crippen molar-refractivity contribution in [3.05, 3.63) is 5.56 Å². The van der Waals surface area contributed by atoms with Crippen LogP contribution in [0, 0.1) is 5.92 Å². The number of esters is 1. The van der Waals surface area contributed by atoms with Crippen molar-refractivity contribution in [2.75, 3.05) is 18.2 Å². The molecule has 5 nitrogen and oxygen atoms in total. The van der Waals surface area contributed by atoms with Gasteiger partial charge in [0.05, 0.1) is 7.11 Å². The summed E-state index contributed by atoms with van der Waals surface area (Å²) in [4.78, 5) is 11.6. The minimum atomic E-state index is -0.445. The third-order valence-corrected chi connectivity index (χ3v) is 3.73. The lowest BCUT2D eigenvalue weighted by Gasteiger charge is -2.17. The Hall–Kier alpha value is -1.30. The van der Waals surface area contributed by atoms with Crippen LogP contribution in [0.25, 0.3) is 0 Å². The van der Waals surface area contributed by atoms with E-state index in [9.17, 15) is 4.79 Å². The molecule has 102 valence electrons. The summed E-state index contributed by atoms with van der Waals surface area (Å²) >= 11 is 1.20. The van der Waals surface area contributed by atoms with Crippen molar-refractivity contribution in [3.63, 3.8) is 0 Å². The molecule has 0 aliphatic rings. The van der Waals surface area contributed by atoms with Gasteiger partial charge in [-0.2, -0.15) is 4.37 Å². The van der Waals surface area contributed by atoms with Crippen LogP contribution >= 0.6 is 11.5 Å². The largest absolute Gasteiger partial charge is 0.465 e. The molecule has 0 aliphatic carbocycles. The fraction of sp³-hybridized carbons (Fsp3) is 0.667. The number of carbonyl (C=O) groups is 1. The van der Waals surface area contributed by atoms with Crippen LogP contribution in [0.4, 0.5) is 10.8 Å². The smallest absolute Gasteiger partial charge is 0.344 e. The molecule has 0 aliphatic heterocycles. The second-order valence-electron chi connectivity index (χ2n) is 4.56. The van der Waals surface area contributed by atoms with Gasteiger partial charge in [-0.05, 0) is 30.8 Å². The Bertz CT molecular complexity index is 406. The molecule has 2 atom stereocenters. The number of anilines is 2. The van der Waals surface area contributed by atoms with Crippen molar-refractivity contribution in [2.45, 2.75) is 39.7 Å². The quantitative estimate of drug-likeness (QED) is 0.778. The van der Waals surface area contributed by atoms with Gasteiger partial charge in [-0.3, -0.25) is 0 Å². The number of methoxy groups -OCH3 is 1. The van der Waals surface area contributed by atoms with E-state index in [0.717, 1.165) is 12.8 Å². The maximum Gasteiger partial charge on any atom is 0.344 e. The Morgan fingerprint density at radius 3 is 2.78 bits per heavy atom. The molecular formula is C12H21N3O2S. The summed E-state index contributed by atoms with van der Waals surface area (Å²) in [6.07, 6.45) is 2.18. The second-order valence-corrected chi connectivity index (χ2v) is 5.33. The molecule has 0 fully saturated rings. The van der Waals surface area contributed by atoms with E-state index in [2.05, 4.69) is 30.5 Å². The minimum Gasteiger partial charge on any atom is -0.465 e. The van der Waals surface area contributed by atoms with Crippen molar-refractivity contribution < 1.29 is 9.53 Å². The summed E-state index contributed by atoms with van der Waals surface area (Å²) in [5.74, 6) is 0.420. The number of nitrogens with one attached hydrogen (secondary N) is 1. The lowest BCUT2D eigenvalue weighted by Crippen LogP contribution is -2.19. The lowest BCUT2D eigenvalue weighted by atomic mass is 10.0. The average molecular weight is 271 g/mol. The number of nitrogens with zero attached hydrogens (tertiary/aromatic N) is 1. The van der Waals surface area contributed by atoms with E-state index in [1.807, 2.05) is 0 Å². The number of rotatable bonds is 6. The zero-order valence-corrected chi connectivity index (χ0v) is 12.1. The Labute approximate surface area is 112 Å². The van der Waals surface area contributed by atoms with Gasteiger partial charge >= 0.3 is 5.97 Å². The highest BCUT2D eigenvalue weighted by Gasteiger charge is 2.21. The van der Waals surface area contributed by atoms with Crippen LogP contribution in [-0.4, -0.2) is 23.5 Å². The molecule has 1 aromatic heterocycles. The molecule has 0 bridgehead atoms. The highest BCUT2D eigenvalue weighted by atomic mass is 32.1. The minimum absolute atomic E-state index is 0.227. The Kier molecular flexibility index (Phi) is 5.40. The number of aromatic nitrogens is 1. The molecule has 3 N–H and O–H groups in total. The number of carbonyl (C=O) groups excluding carboxylic acids is 1. The molecule has 0 saturated carbocycles. The molecule has 0 amide bonds. The van der Waals surface area contributed by atoms with Gasteiger partial charge < -0.3 is 15.8 Å². The summed E-state index contributed by atoms with van der Waals surface area (Å²) < 4.78 is 8.70. The standard InChI is InChI=1S/C12H21N3O2S/c1-5-7(2)6-8(3)14-11-9(12(16)17-4)10(13)15-18-11/h7-8,14H,5-6H2,1-4H3,(H2,13,15). The molecule has 18 heavy (non-hydrogen) atoms. The molecular weight excluding hydrogens is 250 g/mol. The van der Waals surface area contributed by atoms with E-state index >= 15 is 0 Å². The monoisotopic (exact) mass is 271 g/mol. The molecule has 0 spiro atoms. The molecule has 1 aromatic rings. The first-order chi connectivity index (χ1) is 8.49. The van der Waals surface area contributed by atoms with Crippen LogP contribution < -0.4 is 11.1 Å². The summed E-state index contributed by atoms with van der Waals surface area (Å²) in [7, 11) is 1.34. The van der Waals surface area contributed by atoms with Gasteiger partial charge in [0, 0.05) is 6.04 Å². The zero-order valence-electron chi connectivity index (χ0n) is 11.3. The van der Waals surface area contributed by atoms with Crippen LogP contribution in [0.5, 0.6) is 0 Å². The molecule has 0 saturated heterocycles. The van der Waals surface area contributed by atoms with Gasteiger partial charge in [0.25, 0.3) is 0 Å². The molecule has 0 aromatic carbocycles. The van der Waals surface area contributed by atoms with E-state index in [0.29, 0.717) is 16.5 Å². The van der Waals surface area contributed by atoms with Crippen molar-refractivity contribution in [2.24, 2.45) is 5.92 Å². The predicted octanol–water partition coefficient (Wildman–Crippen LogP) is 2.75. The van der Waals surface area contributed by atoms with Gasteiger partial charge in [-0.1, -0.05) is 20.3 Å². The van der Waals surface area contributed by atoms with Crippen LogP contribution in [0.1, 0.15) is 44.0 Å². The fourth-order valence-corrected chi connectivity index (χ4v) is 2.57. The second kappa shape index (κ2) is 6.58. The maximum absolute atomic E-state index is 11.6. The number of hydrogen-bond acceptors (Lipinski definition) is 6. The maximum atomic E-state index is 11.6.